The molecular weight excluding hydrogens is 174 g/mol. The number of rotatable bonds is 2. The number of nitrogens with one attached hydrogen (secondary N) is 2. The number of aromatic nitrogens is 2. The first-order valence-electron chi connectivity index (χ1n) is 5.51. The summed E-state index contributed by atoms with van der Waals surface area (Å²) in [6.07, 6.45) is 5.07. The van der Waals surface area contributed by atoms with Crippen molar-refractivity contribution in [3.05, 3.63) is 17.0 Å². The summed E-state index contributed by atoms with van der Waals surface area (Å²) in [5, 5.41) is 10.9. The van der Waals surface area contributed by atoms with Crippen molar-refractivity contribution in [2.75, 3.05) is 6.54 Å². The third-order valence-electron chi connectivity index (χ3n) is 3.21. The Hall–Kier alpha value is -0.830. The Balaban J connectivity index is 1.99. The monoisotopic (exact) mass is 193 g/mol. The van der Waals surface area contributed by atoms with Gasteiger partial charge < -0.3 is 5.32 Å². The fourth-order valence-corrected chi connectivity index (χ4v) is 2.07. The second-order valence-electron chi connectivity index (χ2n) is 4.27. The van der Waals surface area contributed by atoms with E-state index in [1.807, 2.05) is 0 Å². The van der Waals surface area contributed by atoms with Gasteiger partial charge in [0.1, 0.15) is 0 Å². The Kier molecular flexibility index (Phi) is 2.87. The second-order valence-corrected chi connectivity index (χ2v) is 4.27. The Bertz CT molecular complexity index is 297. The van der Waals surface area contributed by atoms with Crippen molar-refractivity contribution in [2.45, 2.75) is 45.6 Å². The average molecular weight is 193 g/mol. The predicted molar refractivity (Wildman–Crippen MR) is 57.4 cm³/mol. The molecule has 2 rings (SSSR count). The smallest absolute Gasteiger partial charge is 0.0669 e. The fourth-order valence-electron chi connectivity index (χ4n) is 2.07. The lowest BCUT2D eigenvalue weighted by Crippen LogP contribution is -2.35. The molecule has 3 nitrogen and oxygen atoms in total. The Morgan fingerprint density at radius 3 is 2.79 bits per heavy atom. The minimum atomic E-state index is 0.644. The summed E-state index contributed by atoms with van der Waals surface area (Å²) in [5.41, 5.74) is 3.77. The molecule has 1 aliphatic rings. The maximum atomic E-state index is 4.34. The topological polar surface area (TPSA) is 40.7 Å². The van der Waals surface area contributed by atoms with Crippen LogP contribution < -0.4 is 5.32 Å². The molecule has 0 aromatic carbocycles. The number of piperidine rings is 1. The van der Waals surface area contributed by atoms with E-state index in [-0.39, 0.29) is 0 Å². The maximum absolute atomic E-state index is 4.34. The van der Waals surface area contributed by atoms with Crippen LogP contribution in [0, 0.1) is 13.8 Å². The van der Waals surface area contributed by atoms with E-state index in [1.54, 1.807) is 0 Å². The van der Waals surface area contributed by atoms with Crippen LogP contribution in [-0.4, -0.2) is 22.8 Å². The van der Waals surface area contributed by atoms with Gasteiger partial charge in [-0.2, -0.15) is 5.10 Å². The van der Waals surface area contributed by atoms with Gasteiger partial charge in [0, 0.05) is 18.2 Å². The van der Waals surface area contributed by atoms with Crippen LogP contribution in [0.25, 0.3) is 0 Å². The quantitative estimate of drug-likeness (QED) is 0.750. The van der Waals surface area contributed by atoms with Crippen molar-refractivity contribution >= 4 is 0 Å². The molecule has 0 saturated carbocycles. The molecular formula is C11H19N3. The highest BCUT2D eigenvalue weighted by atomic mass is 15.1. The van der Waals surface area contributed by atoms with Crippen LogP contribution in [-0.2, 0) is 6.42 Å². The van der Waals surface area contributed by atoms with Crippen molar-refractivity contribution in [1.82, 2.24) is 15.5 Å². The van der Waals surface area contributed by atoms with Crippen molar-refractivity contribution in [2.24, 2.45) is 0 Å². The number of H-pyrrole nitrogens is 1. The van der Waals surface area contributed by atoms with Gasteiger partial charge in [-0.15, -0.1) is 0 Å². The highest BCUT2D eigenvalue weighted by Gasteiger charge is 2.15. The molecule has 2 heterocycles. The van der Waals surface area contributed by atoms with Crippen molar-refractivity contribution in [1.29, 1.82) is 0 Å². The van der Waals surface area contributed by atoms with E-state index in [1.165, 1.54) is 42.8 Å². The number of aromatic amines is 1. The summed E-state index contributed by atoms with van der Waals surface area (Å²) in [6.45, 7) is 5.41. The normalized spacial score (nSPS) is 22.6. The molecule has 0 spiro atoms. The molecule has 1 atom stereocenters. The van der Waals surface area contributed by atoms with E-state index in [0.717, 1.165) is 6.42 Å². The Morgan fingerprint density at radius 2 is 2.21 bits per heavy atom. The van der Waals surface area contributed by atoms with E-state index >= 15 is 0 Å². The van der Waals surface area contributed by atoms with Gasteiger partial charge in [-0.05, 0) is 38.8 Å². The van der Waals surface area contributed by atoms with Gasteiger partial charge in [0.15, 0.2) is 0 Å². The first-order chi connectivity index (χ1) is 6.77. The molecule has 78 valence electrons. The summed E-state index contributed by atoms with van der Waals surface area (Å²) in [6, 6.07) is 0.644. The summed E-state index contributed by atoms with van der Waals surface area (Å²) < 4.78 is 0. The van der Waals surface area contributed by atoms with Gasteiger partial charge >= 0.3 is 0 Å². The minimum absolute atomic E-state index is 0.644. The average Bonchev–Trinajstić information content (AvgIpc) is 2.52. The zero-order chi connectivity index (χ0) is 9.97. The van der Waals surface area contributed by atoms with Crippen molar-refractivity contribution in [3.8, 4) is 0 Å². The van der Waals surface area contributed by atoms with Crippen LogP contribution in [0.5, 0.6) is 0 Å². The SMILES string of the molecule is Cc1[nH]nc(CC2CCCCN2)c1C. The molecule has 0 bridgehead atoms. The van der Waals surface area contributed by atoms with Gasteiger partial charge in [-0.3, -0.25) is 5.10 Å². The van der Waals surface area contributed by atoms with E-state index in [4.69, 9.17) is 0 Å². The zero-order valence-electron chi connectivity index (χ0n) is 9.06. The number of hydrogen-bond donors (Lipinski definition) is 2. The summed E-state index contributed by atoms with van der Waals surface area (Å²) in [5.74, 6) is 0. The van der Waals surface area contributed by atoms with E-state index in [9.17, 15) is 0 Å². The standard InChI is InChI=1S/C11H19N3/c1-8-9(2)13-14-11(8)7-10-5-3-4-6-12-10/h10,12H,3-7H2,1-2H3,(H,13,14). The molecule has 1 aromatic rings. The van der Waals surface area contributed by atoms with E-state index < -0.39 is 0 Å². The molecule has 1 fully saturated rings. The maximum Gasteiger partial charge on any atom is 0.0669 e. The van der Waals surface area contributed by atoms with Gasteiger partial charge in [-0.25, -0.2) is 0 Å². The van der Waals surface area contributed by atoms with Crippen LogP contribution in [0.3, 0.4) is 0 Å². The Labute approximate surface area is 85.3 Å². The van der Waals surface area contributed by atoms with Gasteiger partial charge in [0.25, 0.3) is 0 Å². The van der Waals surface area contributed by atoms with Crippen LogP contribution in [0.4, 0.5) is 0 Å². The van der Waals surface area contributed by atoms with Crippen LogP contribution >= 0.6 is 0 Å². The molecule has 1 saturated heterocycles. The van der Waals surface area contributed by atoms with Gasteiger partial charge in [0.05, 0.1) is 5.69 Å². The van der Waals surface area contributed by atoms with Crippen LogP contribution in [0.1, 0.15) is 36.2 Å². The first-order valence-corrected chi connectivity index (χ1v) is 5.51. The molecule has 2 N–H and O–H groups in total. The molecule has 0 radical (unpaired) electrons. The number of aryl methyl sites for hydroxylation is 1. The lowest BCUT2D eigenvalue weighted by molar-refractivity contribution is 0.396. The van der Waals surface area contributed by atoms with Gasteiger partial charge in [0.2, 0.25) is 0 Å². The van der Waals surface area contributed by atoms with Crippen LogP contribution in [0.15, 0.2) is 0 Å². The van der Waals surface area contributed by atoms with Gasteiger partial charge in [-0.1, -0.05) is 6.42 Å². The van der Waals surface area contributed by atoms with Crippen LogP contribution in [0.2, 0.25) is 0 Å². The van der Waals surface area contributed by atoms with Crippen molar-refractivity contribution < 1.29 is 0 Å². The third kappa shape index (κ3) is 1.98. The highest BCUT2D eigenvalue weighted by molar-refractivity contribution is 5.23. The highest BCUT2D eigenvalue weighted by Crippen LogP contribution is 2.15. The molecule has 3 heteroatoms. The molecule has 1 unspecified atom stereocenters. The molecule has 14 heavy (non-hydrogen) atoms. The first kappa shape index (κ1) is 9.71. The zero-order valence-corrected chi connectivity index (χ0v) is 9.06. The Morgan fingerprint density at radius 1 is 1.36 bits per heavy atom. The fraction of sp³-hybridized carbons (Fsp3) is 0.727. The van der Waals surface area contributed by atoms with Crippen molar-refractivity contribution in [3.63, 3.8) is 0 Å². The summed E-state index contributed by atoms with van der Waals surface area (Å²) in [4.78, 5) is 0. The third-order valence-corrected chi connectivity index (χ3v) is 3.21. The second kappa shape index (κ2) is 4.13. The summed E-state index contributed by atoms with van der Waals surface area (Å²) >= 11 is 0. The molecule has 0 amide bonds. The molecule has 1 aliphatic heterocycles. The lowest BCUT2D eigenvalue weighted by atomic mass is 9.99. The lowest BCUT2D eigenvalue weighted by Gasteiger charge is -2.22. The number of hydrogen-bond acceptors (Lipinski definition) is 2. The molecule has 1 aromatic heterocycles. The number of nitrogens with zero attached hydrogens (tertiary/aromatic N) is 1. The van der Waals surface area contributed by atoms with E-state index in [2.05, 4.69) is 29.4 Å². The summed E-state index contributed by atoms with van der Waals surface area (Å²) in [7, 11) is 0. The largest absolute Gasteiger partial charge is 0.314 e. The van der Waals surface area contributed by atoms with E-state index in [0.29, 0.717) is 6.04 Å². The minimum Gasteiger partial charge on any atom is -0.314 e. The predicted octanol–water partition coefficient (Wildman–Crippen LogP) is 1.71. The molecule has 0 aliphatic carbocycles.